The number of nitrogens with one attached hydrogen (secondary N) is 2. The van der Waals surface area contributed by atoms with Gasteiger partial charge in [-0.15, -0.1) is 11.8 Å². The number of amides is 2. The SMILES string of the molecule is COc1ccc(CCNC(=O)c2ccccc2SCC(=O)Nc2ccc(C)cc2)cc1. The minimum absolute atomic E-state index is 0.108. The molecule has 0 spiro atoms. The molecule has 0 aliphatic rings. The van der Waals surface area contributed by atoms with Crippen LogP contribution in [0.4, 0.5) is 5.69 Å². The number of hydrogen-bond acceptors (Lipinski definition) is 4. The molecule has 31 heavy (non-hydrogen) atoms. The summed E-state index contributed by atoms with van der Waals surface area (Å²) in [5, 5.41) is 5.84. The predicted octanol–water partition coefficient (Wildman–Crippen LogP) is 4.71. The van der Waals surface area contributed by atoms with Gasteiger partial charge in [0.2, 0.25) is 5.91 Å². The molecule has 0 aromatic heterocycles. The van der Waals surface area contributed by atoms with Crippen molar-refractivity contribution in [3.05, 3.63) is 89.5 Å². The van der Waals surface area contributed by atoms with E-state index in [1.807, 2.05) is 73.7 Å². The third-order valence-electron chi connectivity index (χ3n) is 4.68. The third-order valence-corrected chi connectivity index (χ3v) is 5.76. The third kappa shape index (κ3) is 6.89. The summed E-state index contributed by atoms with van der Waals surface area (Å²) in [6.07, 6.45) is 0.726. The average molecular weight is 435 g/mol. The highest BCUT2D eigenvalue weighted by atomic mass is 32.2. The van der Waals surface area contributed by atoms with Crippen LogP contribution in [0.1, 0.15) is 21.5 Å². The van der Waals surface area contributed by atoms with Crippen LogP contribution in [0.5, 0.6) is 5.75 Å². The average Bonchev–Trinajstić information content (AvgIpc) is 2.80. The summed E-state index contributed by atoms with van der Waals surface area (Å²) in [6.45, 7) is 2.53. The smallest absolute Gasteiger partial charge is 0.252 e. The molecule has 5 nitrogen and oxygen atoms in total. The van der Waals surface area contributed by atoms with Crippen molar-refractivity contribution in [1.82, 2.24) is 5.32 Å². The van der Waals surface area contributed by atoms with Crippen molar-refractivity contribution in [2.24, 2.45) is 0 Å². The second-order valence-electron chi connectivity index (χ2n) is 7.05. The van der Waals surface area contributed by atoms with Crippen LogP contribution in [-0.2, 0) is 11.2 Å². The van der Waals surface area contributed by atoms with Crippen molar-refractivity contribution < 1.29 is 14.3 Å². The second-order valence-corrected chi connectivity index (χ2v) is 8.07. The Morgan fingerprint density at radius 1 is 0.935 bits per heavy atom. The molecule has 0 saturated heterocycles. The molecular formula is C25H26N2O3S. The molecule has 3 rings (SSSR count). The lowest BCUT2D eigenvalue weighted by atomic mass is 10.1. The normalized spacial score (nSPS) is 10.4. The van der Waals surface area contributed by atoms with E-state index in [9.17, 15) is 9.59 Å². The zero-order valence-electron chi connectivity index (χ0n) is 17.7. The second kappa shape index (κ2) is 11.2. The van der Waals surface area contributed by atoms with Crippen molar-refractivity contribution in [3.8, 4) is 5.75 Å². The van der Waals surface area contributed by atoms with Gasteiger partial charge >= 0.3 is 0 Å². The first-order valence-corrected chi connectivity index (χ1v) is 11.0. The molecule has 2 amide bonds. The Balaban J connectivity index is 1.51. The molecule has 0 atom stereocenters. The monoisotopic (exact) mass is 434 g/mol. The molecule has 0 radical (unpaired) electrons. The van der Waals surface area contributed by atoms with Crippen molar-refractivity contribution in [2.45, 2.75) is 18.2 Å². The van der Waals surface area contributed by atoms with Crippen molar-refractivity contribution in [1.29, 1.82) is 0 Å². The van der Waals surface area contributed by atoms with Gasteiger partial charge in [-0.05, 0) is 55.3 Å². The van der Waals surface area contributed by atoms with E-state index in [1.165, 1.54) is 11.8 Å². The fourth-order valence-corrected chi connectivity index (χ4v) is 3.81. The lowest BCUT2D eigenvalue weighted by molar-refractivity contribution is -0.113. The molecule has 0 saturated carbocycles. The minimum Gasteiger partial charge on any atom is -0.497 e. The maximum atomic E-state index is 12.7. The minimum atomic E-state index is -0.143. The fourth-order valence-electron chi connectivity index (χ4n) is 2.97. The van der Waals surface area contributed by atoms with Gasteiger partial charge in [-0.3, -0.25) is 9.59 Å². The van der Waals surface area contributed by atoms with Gasteiger partial charge in [0.25, 0.3) is 5.91 Å². The van der Waals surface area contributed by atoms with E-state index in [4.69, 9.17) is 4.74 Å². The number of benzene rings is 3. The lowest BCUT2D eigenvalue weighted by Crippen LogP contribution is -2.26. The van der Waals surface area contributed by atoms with Gasteiger partial charge in [0, 0.05) is 17.1 Å². The first kappa shape index (κ1) is 22.4. The van der Waals surface area contributed by atoms with Crippen LogP contribution in [0.15, 0.2) is 77.7 Å². The van der Waals surface area contributed by atoms with Crippen LogP contribution < -0.4 is 15.4 Å². The summed E-state index contributed by atoms with van der Waals surface area (Å²) in [7, 11) is 1.64. The Morgan fingerprint density at radius 3 is 2.35 bits per heavy atom. The number of rotatable bonds is 9. The number of carbonyl (C=O) groups is 2. The van der Waals surface area contributed by atoms with Gasteiger partial charge < -0.3 is 15.4 Å². The van der Waals surface area contributed by atoms with Crippen LogP contribution in [0.2, 0.25) is 0 Å². The quantitative estimate of drug-likeness (QED) is 0.479. The zero-order chi connectivity index (χ0) is 22.1. The number of thioether (sulfide) groups is 1. The molecule has 3 aromatic carbocycles. The molecular weight excluding hydrogens is 408 g/mol. The summed E-state index contributed by atoms with van der Waals surface area (Å²) < 4.78 is 5.16. The summed E-state index contributed by atoms with van der Waals surface area (Å²) >= 11 is 1.35. The number of anilines is 1. The number of methoxy groups -OCH3 is 1. The van der Waals surface area contributed by atoms with Crippen LogP contribution in [0.3, 0.4) is 0 Å². The van der Waals surface area contributed by atoms with E-state index in [0.29, 0.717) is 12.1 Å². The largest absolute Gasteiger partial charge is 0.497 e. The Morgan fingerprint density at radius 2 is 1.65 bits per heavy atom. The molecule has 0 heterocycles. The highest BCUT2D eigenvalue weighted by molar-refractivity contribution is 8.00. The van der Waals surface area contributed by atoms with Gasteiger partial charge in [-0.25, -0.2) is 0 Å². The Bertz CT molecular complexity index is 1020. The zero-order valence-corrected chi connectivity index (χ0v) is 18.5. The van der Waals surface area contributed by atoms with Crippen molar-refractivity contribution in [3.63, 3.8) is 0 Å². The van der Waals surface area contributed by atoms with Gasteiger partial charge in [-0.2, -0.15) is 0 Å². The molecule has 0 unspecified atom stereocenters. The summed E-state index contributed by atoms with van der Waals surface area (Å²) in [5.74, 6) is 0.786. The van der Waals surface area contributed by atoms with Gasteiger partial charge in [-0.1, -0.05) is 42.0 Å². The first-order chi connectivity index (χ1) is 15.0. The lowest BCUT2D eigenvalue weighted by Gasteiger charge is -2.11. The van der Waals surface area contributed by atoms with E-state index >= 15 is 0 Å². The van der Waals surface area contributed by atoms with Crippen LogP contribution in [0.25, 0.3) is 0 Å². The van der Waals surface area contributed by atoms with E-state index in [0.717, 1.165) is 33.9 Å². The maximum Gasteiger partial charge on any atom is 0.252 e. The molecule has 0 aliphatic carbocycles. The van der Waals surface area contributed by atoms with Crippen LogP contribution >= 0.6 is 11.8 Å². The topological polar surface area (TPSA) is 67.4 Å². The first-order valence-electron chi connectivity index (χ1n) is 10.0. The molecule has 0 fully saturated rings. The number of ether oxygens (including phenoxy) is 1. The maximum absolute atomic E-state index is 12.7. The summed E-state index contributed by atoms with van der Waals surface area (Å²) in [6, 6.07) is 22.8. The van der Waals surface area contributed by atoms with Gasteiger partial charge in [0.05, 0.1) is 18.4 Å². The van der Waals surface area contributed by atoms with Crippen LogP contribution in [0, 0.1) is 6.92 Å². The van der Waals surface area contributed by atoms with Crippen LogP contribution in [-0.4, -0.2) is 31.2 Å². The van der Waals surface area contributed by atoms with Gasteiger partial charge in [0.15, 0.2) is 0 Å². The number of aryl methyl sites for hydroxylation is 1. The molecule has 6 heteroatoms. The van der Waals surface area contributed by atoms with Gasteiger partial charge in [0.1, 0.15) is 5.75 Å². The molecule has 0 bridgehead atoms. The van der Waals surface area contributed by atoms with E-state index in [1.54, 1.807) is 13.2 Å². The molecule has 0 aliphatic heterocycles. The van der Waals surface area contributed by atoms with E-state index < -0.39 is 0 Å². The molecule has 2 N–H and O–H groups in total. The van der Waals surface area contributed by atoms with E-state index in [-0.39, 0.29) is 17.6 Å². The summed E-state index contributed by atoms with van der Waals surface area (Å²) in [5.41, 5.74) is 3.60. The Kier molecular flexibility index (Phi) is 8.12. The Labute approximate surface area is 187 Å². The highest BCUT2D eigenvalue weighted by Gasteiger charge is 2.13. The van der Waals surface area contributed by atoms with Crippen molar-refractivity contribution in [2.75, 3.05) is 24.7 Å². The van der Waals surface area contributed by atoms with Crippen molar-refractivity contribution >= 4 is 29.3 Å². The highest BCUT2D eigenvalue weighted by Crippen LogP contribution is 2.23. The summed E-state index contributed by atoms with van der Waals surface area (Å²) in [4.78, 5) is 25.7. The predicted molar refractivity (Wildman–Crippen MR) is 126 cm³/mol. The Hall–Kier alpha value is -3.25. The standard InChI is InChI=1S/C25H26N2O3S/c1-18-7-11-20(12-8-18)27-24(28)17-31-23-6-4-3-5-22(23)25(29)26-16-15-19-9-13-21(30-2)14-10-19/h3-14H,15-17H2,1-2H3,(H,26,29)(H,27,28). The fraction of sp³-hybridized carbons (Fsp3) is 0.200. The molecule has 160 valence electrons. The number of hydrogen-bond donors (Lipinski definition) is 2. The number of carbonyl (C=O) groups excluding carboxylic acids is 2. The van der Waals surface area contributed by atoms with E-state index in [2.05, 4.69) is 10.6 Å². The molecule has 3 aromatic rings.